The van der Waals surface area contributed by atoms with Crippen LogP contribution in [0.25, 0.3) is 0 Å². The fourth-order valence-corrected chi connectivity index (χ4v) is 5.99. The third kappa shape index (κ3) is 3.04. The highest BCUT2D eigenvalue weighted by Gasteiger charge is 2.34. The SMILES string of the molecule is CNC(c1cc(Br)c(Cl)s1)C1CCS(=O)(=O)C1. The average Bonchev–Trinajstić information content (AvgIpc) is 2.73. The quantitative estimate of drug-likeness (QED) is 0.903. The fraction of sp³-hybridized carbons (Fsp3) is 0.600. The van der Waals surface area contributed by atoms with Crippen molar-refractivity contribution in [1.29, 1.82) is 0 Å². The minimum absolute atomic E-state index is 0.0704. The van der Waals surface area contributed by atoms with E-state index in [9.17, 15) is 8.42 Å². The van der Waals surface area contributed by atoms with Gasteiger partial charge in [-0.25, -0.2) is 8.42 Å². The lowest BCUT2D eigenvalue weighted by Crippen LogP contribution is -2.25. The van der Waals surface area contributed by atoms with Crippen LogP contribution in [0, 0.1) is 5.92 Å². The molecule has 0 saturated carbocycles. The van der Waals surface area contributed by atoms with Crippen LogP contribution in [-0.2, 0) is 9.84 Å². The minimum atomic E-state index is -2.84. The Bertz CT molecular complexity index is 495. The molecule has 0 amide bonds. The van der Waals surface area contributed by atoms with Gasteiger partial charge in [-0.2, -0.15) is 0 Å². The molecule has 1 aromatic heterocycles. The molecule has 1 N–H and O–H groups in total. The van der Waals surface area contributed by atoms with E-state index in [4.69, 9.17) is 11.6 Å². The van der Waals surface area contributed by atoms with Gasteiger partial charge in [0.25, 0.3) is 0 Å². The maximum absolute atomic E-state index is 11.5. The van der Waals surface area contributed by atoms with Gasteiger partial charge in [0, 0.05) is 15.4 Å². The van der Waals surface area contributed by atoms with Crippen molar-refractivity contribution in [3.05, 3.63) is 19.8 Å². The number of sulfone groups is 1. The molecular weight excluding hydrogens is 346 g/mol. The van der Waals surface area contributed by atoms with Crippen molar-refractivity contribution in [2.45, 2.75) is 12.5 Å². The predicted molar refractivity (Wildman–Crippen MR) is 75.6 cm³/mol. The second-order valence-corrected chi connectivity index (χ2v) is 8.97. The number of rotatable bonds is 3. The van der Waals surface area contributed by atoms with Crippen LogP contribution in [0.4, 0.5) is 0 Å². The Labute approximate surface area is 119 Å². The van der Waals surface area contributed by atoms with Crippen molar-refractivity contribution >= 4 is 48.7 Å². The van der Waals surface area contributed by atoms with Crippen molar-refractivity contribution in [1.82, 2.24) is 5.32 Å². The van der Waals surface area contributed by atoms with E-state index >= 15 is 0 Å². The summed E-state index contributed by atoms with van der Waals surface area (Å²) in [7, 11) is -0.984. The van der Waals surface area contributed by atoms with E-state index < -0.39 is 9.84 Å². The Morgan fingerprint density at radius 3 is 2.76 bits per heavy atom. The van der Waals surface area contributed by atoms with Crippen molar-refractivity contribution in [2.75, 3.05) is 18.6 Å². The van der Waals surface area contributed by atoms with Gasteiger partial charge in [-0.3, -0.25) is 0 Å². The summed E-state index contributed by atoms with van der Waals surface area (Å²) in [6.45, 7) is 0. The molecule has 0 bridgehead atoms. The summed E-state index contributed by atoms with van der Waals surface area (Å²) >= 11 is 10.9. The summed E-state index contributed by atoms with van der Waals surface area (Å²) in [4.78, 5) is 1.09. The fourth-order valence-electron chi connectivity index (χ4n) is 2.21. The van der Waals surface area contributed by atoms with Gasteiger partial charge >= 0.3 is 0 Å². The second kappa shape index (κ2) is 5.17. The zero-order valence-electron chi connectivity index (χ0n) is 9.24. The topological polar surface area (TPSA) is 46.2 Å². The molecule has 2 unspecified atom stereocenters. The third-order valence-corrected chi connectivity index (χ3v) is 7.37. The average molecular weight is 359 g/mol. The lowest BCUT2D eigenvalue weighted by atomic mass is 9.98. The first-order valence-corrected chi connectivity index (χ1v) is 9.06. The van der Waals surface area contributed by atoms with Crippen molar-refractivity contribution in [2.24, 2.45) is 5.92 Å². The lowest BCUT2D eigenvalue weighted by Gasteiger charge is -2.20. The van der Waals surface area contributed by atoms with Gasteiger partial charge in [0.2, 0.25) is 0 Å². The Hall–Kier alpha value is 0.380. The minimum Gasteiger partial charge on any atom is -0.312 e. The van der Waals surface area contributed by atoms with E-state index in [0.29, 0.717) is 10.1 Å². The van der Waals surface area contributed by atoms with Gasteiger partial charge in [0.15, 0.2) is 9.84 Å². The molecule has 0 aliphatic carbocycles. The Morgan fingerprint density at radius 2 is 2.35 bits per heavy atom. The molecule has 0 spiro atoms. The second-order valence-electron chi connectivity index (χ2n) is 4.20. The predicted octanol–water partition coefficient (Wildman–Crippen LogP) is 2.86. The largest absolute Gasteiger partial charge is 0.312 e. The molecule has 1 aliphatic heterocycles. The molecule has 2 atom stereocenters. The molecule has 2 rings (SSSR count). The van der Waals surface area contributed by atoms with E-state index in [0.717, 1.165) is 15.8 Å². The molecule has 96 valence electrons. The molecule has 1 aromatic rings. The normalized spacial score (nSPS) is 25.0. The number of hydrogen-bond donors (Lipinski definition) is 1. The number of thiophene rings is 1. The van der Waals surface area contributed by atoms with Gasteiger partial charge in [-0.05, 0) is 41.4 Å². The monoisotopic (exact) mass is 357 g/mol. The van der Waals surface area contributed by atoms with Gasteiger partial charge < -0.3 is 5.32 Å². The van der Waals surface area contributed by atoms with Crippen molar-refractivity contribution < 1.29 is 8.42 Å². The zero-order chi connectivity index (χ0) is 12.6. The maximum Gasteiger partial charge on any atom is 0.150 e. The highest BCUT2D eigenvalue weighted by atomic mass is 79.9. The van der Waals surface area contributed by atoms with Crippen LogP contribution in [0.1, 0.15) is 17.3 Å². The summed E-state index contributed by atoms with van der Waals surface area (Å²) in [5.41, 5.74) is 0. The highest BCUT2D eigenvalue weighted by Crippen LogP contribution is 2.39. The van der Waals surface area contributed by atoms with E-state index in [2.05, 4.69) is 21.2 Å². The molecule has 17 heavy (non-hydrogen) atoms. The van der Waals surface area contributed by atoms with Crippen LogP contribution < -0.4 is 5.32 Å². The summed E-state index contributed by atoms with van der Waals surface area (Å²) in [5.74, 6) is 0.716. The highest BCUT2D eigenvalue weighted by molar-refractivity contribution is 9.10. The van der Waals surface area contributed by atoms with Crippen LogP contribution in [0.3, 0.4) is 0 Å². The number of halogens is 2. The first kappa shape index (κ1) is 13.8. The summed E-state index contributed by atoms with van der Waals surface area (Å²) in [6, 6.07) is 2.04. The number of hydrogen-bond acceptors (Lipinski definition) is 4. The molecule has 1 saturated heterocycles. The van der Waals surface area contributed by atoms with Crippen LogP contribution in [0.15, 0.2) is 10.5 Å². The van der Waals surface area contributed by atoms with Crippen LogP contribution in [-0.4, -0.2) is 27.0 Å². The Morgan fingerprint density at radius 1 is 1.65 bits per heavy atom. The summed E-state index contributed by atoms with van der Waals surface area (Å²) in [5, 5.41) is 3.21. The number of nitrogens with one attached hydrogen (secondary N) is 1. The smallest absolute Gasteiger partial charge is 0.150 e. The maximum atomic E-state index is 11.5. The van der Waals surface area contributed by atoms with Crippen LogP contribution >= 0.6 is 38.9 Å². The van der Waals surface area contributed by atoms with Gasteiger partial charge in [0.1, 0.15) is 4.34 Å². The van der Waals surface area contributed by atoms with Crippen LogP contribution in [0.5, 0.6) is 0 Å². The molecular formula is C10H13BrClNO2S2. The first-order valence-electron chi connectivity index (χ1n) is 5.25. The lowest BCUT2D eigenvalue weighted by molar-refractivity contribution is 0.424. The molecule has 1 fully saturated rings. The van der Waals surface area contributed by atoms with Gasteiger partial charge in [-0.15, -0.1) is 11.3 Å². The summed E-state index contributed by atoms with van der Waals surface area (Å²) < 4.78 is 24.6. The molecule has 3 nitrogen and oxygen atoms in total. The van der Waals surface area contributed by atoms with E-state index in [-0.39, 0.29) is 17.7 Å². The van der Waals surface area contributed by atoms with E-state index in [1.54, 1.807) is 0 Å². The van der Waals surface area contributed by atoms with Gasteiger partial charge in [0.05, 0.1) is 11.5 Å². The molecule has 0 radical (unpaired) electrons. The molecule has 2 heterocycles. The van der Waals surface area contributed by atoms with Crippen molar-refractivity contribution in [3.63, 3.8) is 0 Å². The third-order valence-electron chi connectivity index (χ3n) is 3.02. The van der Waals surface area contributed by atoms with Gasteiger partial charge in [-0.1, -0.05) is 11.6 Å². The molecule has 1 aliphatic rings. The van der Waals surface area contributed by atoms with E-state index in [1.807, 2.05) is 13.1 Å². The van der Waals surface area contributed by atoms with E-state index in [1.165, 1.54) is 11.3 Å². The first-order chi connectivity index (χ1) is 7.93. The van der Waals surface area contributed by atoms with Crippen LogP contribution in [0.2, 0.25) is 4.34 Å². The molecule has 7 heteroatoms. The zero-order valence-corrected chi connectivity index (χ0v) is 13.2. The molecule has 0 aromatic carbocycles. The van der Waals surface area contributed by atoms with Crippen molar-refractivity contribution in [3.8, 4) is 0 Å². The standard InChI is InChI=1S/C10H13BrClNO2S2/c1-13-9(6-2-3-17(14,15)5-6)8-4-7(11)10(12)16-8/h4,6,9,13H,2-3,5H2,1H3. The Kier molecular flexibility index (Phi) is 4.20. The summed E-state index contributed by atoms with van der Waals surface area (Å²) in [6.07, 6.45) is 0.723. The Balaban J connectivity index is 2.23.